The van der Waals surface area contributed by atoms with Crippen LogP contribution in [0.5, 0.6) is 5.75 Å². The number of carbonyl (C=O) groups is 2. The van der Waals surface area contributed by atoms with E-state index in [0.717, 1.165) is 14.7 Å². The summed E-state index contributed by atoms with van der Waals surface area (Å²) in [7, 11) is 0. The normalized spacial score (nSPS) is 11.4. The fourth-order valence-corrected chi connectivity index (χ4v) is 3.36. The third-order valence-electron chi connectivity index (χ3n) is 4.39. The van der Waals surface area contributed by atoms with Gasteiger partial charge in [-0.25, -0.2) is 4.79 Å². The molecule has 0 fully saturated rings. The van der Waals surface area contributed by atoms with E-state index in [-0.39, 0.29) is 13.0 Å². The van der Waals surface area contributed by atoms with Crippen molar-refractivity contribution in [1.29, 1.82) is 0 Å². The lowest BCUT2D eigenvalue weighted by atomic mass is 10.0. The molecule has 0 heterocycles. The first-order valence-electron chi connectivity index (χ1n) is 9.64. The number of nitrogens with two attached hydrogens (primary N) is 1. The Kier molecular flexibility index (Phi) is 8.43. The van der Waals surface area contributed by atoms with Gasteiger partial charge in [0.25, 0.3) is 0 Å². The minimum Gasteiger partial charge on any atom is -0.489 e. The van der Waals surface area contributed by atoms with Crippen molar-refractivity contribution in [3.8, 4) is 5.75 Å². The van der Waals surface area contributed by atoms with Crippen LogP contribution in [-0.2, 0) is 27.5 Å². The number of benzene rings is 3. The van der Waals surface area contributed by atoms with E-state index < -0.39 is 18.2 Å². The largest absolute Gasteiger partial charge is 0.516 e. The summed E-state index contributed by atoms with van der Waals surface area (Å²) in [6, 6.07) is 23.7. The topological polar surface area (TPSA) is 87.9 Å². The third-order valence-corrected chi connectivity index (χ3v) is 5.06. The summed E-state index contributed by atoms with van der Waals surface area (Å²) >= 11 is 2.16. The number of ether oxygens (including phenoxy) is 3. The second kappa shape index (κ2) is 11.5. The molecule has 0 unspecified atom stereocenters. The molecule has 0 aromatic heterocycles. The van der Waals surface area contributed by atoms with Crippen molar-refractivity contribution in [3.63, 3.8) is 0 Å². The molecule has 0 bridgehead atoms. The molecule has 3 rings (SSSR count). The highest BCUT2D eigenvalue weighted by Gasteiger charge is 2.20. The first-order valence-corrected chi connectivity index (χ1v) is 10.7. The first kappa shape index (κ1) is 22.8. The number of halogens is 1. The highest BCUT2D eigenvalue weighted by atomic mass is 127. The Bertz CT molecular complexity index is 1010. The Labute approximate surface area is 194 Å². The predicted molar refractivity (Wildman–Crippen MR) is 124 cm³/mol. The molecular weight excluding hydrogens is 509 g/mol. The van der Waals surface area contributed by atoms with Crippen LogP contribution in [0.15, 0.2) is 78.9 Å². The minimum absolute atomic E-state index is 0.0212. The Morgan fingerprint density at radius 1 is 0.871 bits per heavy atom. The number of carbonyl (C=O) groups excluding carboxylic acids is 2. The van der Waals surface area contributed by atoms with Gasteiger partial charge in [-0.05, 0) is 51.9 Å². The molecule has 6 nitrogen and oxygen atoms in total. The zero-order chi connectivity index (χ0) is 22.1. The van der Waals surface area contributed by atoms with E-state index in [1.807, 2.05) is 66.7 Å². The molecule has 0 spiro atoms. The maximum atomic E-state index is 12.2. The van der Waals surface area contributed by atoms with Crippen LogP contribution in [0.2, 0.25) is 0 Å². The van der Waals surface area contributed by atoms with Crippen molar-refractivity contribution in [3.05, 3.63) is 99.1 Å². The van der Waals surface area contributed by atoms with Gasteiger partial charge in [-0.15, -0.1) is 0 Å². The van der Waals surface area contributed by atoms with Crippen molar-refractivity contribution in [2.75, 3.05) is 0 Å². The van der Waals surface area contributed by atoms with Crippen molar-refractivity contribution >= 4 is 34.7 Å². The van der Waals surface area contributed by atoms with Gasteiger partial charge >= 0.3 is 12.1 Å². The minimum atomic E-state index is -1.05. The SMILES string of the molecule is N[C@@H](CC(=O)OC(=O)OCc1ccccc1)c1cc(I)ccc1OCc1ccccc1. The van der Waals surface area contributed by atoms with E-state index >= 15 is 0 Å². The summed E-state index contributed by atoms with van der Waals surface area (Å²) in [6.07, 6.45) is -1.24. The van der Waals surface area contributed by atoms with Gasteiger partial charge in [-0.3, -0.25) is 4.79 Å². The summed E-state index contributed by atoms with van der Waals surface area (Å²) in [5.74, 6) is -0.186. The third kappa shape index (κ3) is 7.37. The van der Waals surface area contributed by atoms with Gasteiger partial charge in [0.05, 0.1) is 6.42 Å². The highest BCUT2D eigenvalue weighted by molar-refractivity contribution is 14.1. The maximum Gasteiger partial charge on any atom is 0.516 e. The van der Waals surface area contributed by atoms with Gasteiger partial charge in [0.15, 0.2) is 0 Å². The Balaban J connectivity index is 1.56. The predicted octanol–water partition coefficient (Wildman–Crippen LogP) is 5.14. The highest BCUT2D eigenvalue weighted by Crippen LogP contribution is 2.29. The Morgan fingerprint density at radius 3 is 2.13 bits per heavy atom. The van der Waals surface area contributed by atoms with Crippen LogP contribution in [0.4, 0.5) is 4.79 Å². The van der Waals surface area contributed by atoms with Crippen molar-refractivity contribution in [2.45, 2.75) is 25.7 Å². The van der Waals surface area contributed by atoms with Crippen LogP contribution >= 0.6 is 22.6 Å². The summed E-state index contributed by atoms with van der Waals surface area (Å²) < 4.78 is 16.6. The lowest BCUT2D eigenvalue weighted by molar-refractivity contribution is -0.140. The van der Waals surface area contributed by atoms with E-state index in [2.05, 4.69) is 22.6 Å². The molecule has 3 aromatic rings. The maximum absolute atomic E-state index is 12.2. The summed E-state index contributed by atoms with van der Waals surface area (Å²) in [6.45, 7) is 0.394. The summed E-state index contributed by atoms with van der Waals surface area (Å²) in [5, 5.41) is 0. The molecular formula is C24H22INO5. The Hall–Kier alpha value is -2.91. The second-order valence-corrected chi connectivity index (χ2v) is 8.01. The molecule has 160 valence electrons. The van der Waals surface area contributed by atoms with Crippen molar-refractivity contribution in [2.24, 2.45) is 5.73 Å². The lowest BCUT2D eigenvalue weighted by Gasteiger charge is -2.17. The molecule has 0 amide bonds. The van der Waals surface area contributed by atoms with E-state index in [0.29, 0.717) is 17.9 Å². The van der Waals surface area contributed by atoms with Crippen molar-refractivity contribution < 1.29 is 23.8 Å². The quantitative estimate of drug-likeness (QED) is 0.246. The van der Waals surface area contributed by atoms with Crippen LogP contribution in [0.3, 0.4) is 0 Å². The zero-order valence-corrected chi connectivity index (χ0v) is 18.9. The summed E-state index contributed by atoms with van der Waals surface area (Å²) in [4.78, 5) is 24.0. The molecule has 7 heteroatoms. The standard InChI is InChI=1S/C24H22INO5/c25-19-11-12-22(29-15-17-7-3-1-4-8-17)20(13-19)21(26)14-23(27)31-24(28)30-16-18-9-5-2-6-10-18/h1-13,21H,14-16,26H2/t21-/m0/s1. The summed E-state index contributed by atoms with van der Waals surface area (Å²) in [5.41, 5.74) is 8.71. The number of rotatable bonds is 8. The number of hydrogen-bond donors (Lipinski definition) is 1. The van der Waals surface area contributed by atoms with Crippen LogP contribution < -0.4 is 10.5 Å². The monoisotopic (exact) mass is 531 g/mol. The van der Waals surface area contributed by atoms with E-state index in [4.69, 9.17) is 19.9 Å². The zero-order valence-electron chi connectivity index (χ0n) is 16.7. The van der Waals surface area contributed by atoms with Crippen LogP contribution in [0, 0.1) is 3.57 Å². The smallest absolute Gasteiger partial charge is 0.489 e. The van der Waals surface area contributed by atoms with Crippen molar-refractivity contribution in [1.82, 2.24) is 0 Å². The molecule has 0 aliphatic carbocycles. The van der Waals surface area contributed by atoms with Crippen LogP contribution in [0.25, 0.3) is 0 Å². The van der Waals surface area contributed by atoms with Gasteiger partial charge in [0.2, 0.25) is 0 Å². The fourth-order valence-electron chi connectivity index (χ4n) is 2.85. The molecule has 1 atom stereocenters. The average Bonchev–Trinajstić information content (AvgIpc) is 2.78. The molecule has 0 aliphatic heterocycles. The fraction of sp³-hybridized carbons (Fsp3) is 0.167. The van der Waals surface area contributed by atoms with Gasteiger partial charge in [-0.2, -0.15) is 0 Å². The molecule has 0 saturated heterocycles. The van der Waals surface area contributed by atoms with Gasteiger partial charge in [0.1, 0.15) is 19.0 Å². The molecule has 2 N–H and O–H groups in total. The van der Waals surface area contributed by atoms with Gasteiger partial charge in [0, 0.05) is 15.2 Å². The molecule has 0 aliphatic rings. The first-order chi connectivity index (χ1) is 15.0. The lowest BCUT2D eigenvalue weighted by Crippen LogP contribution is -2.21. The van der Waals surface area contributed by atoms with Gasteiger partial charge in [-0.1, -0.05) is 60.7 Å². The average molecular weight is 531 g/mol. The molecule has 3 aromatic carbocycles. The number of hydrogen-bond acceptors (Lipinski definition) is 6. The Morgan fingerprint density at radius 2 is 1.48 bits per heavy atom. The number of esters is 1. The second-order valence-electron chi connectivity index (χ2n) is 6.77. The van der Waals surface area contributed by atoms with E-state index in [1.165, 1.54) is 0 Å². The van der Waals surface area contributed by atoms with E-state index in [1.54, 1.807) is 12.1 Å². The van der Waals surface area contributed by atoms with Crippen LogP contribution in [0.1, 0.15) is 29.2 Å². The van der Waals surface area contributed by atoms with Crippen LogP contribution in [-0.4, -0.2) is 12.1 Å². The molecule has 0 saturated carbocycles. The van der Waals surface area contributed by atoms with Gasteiger partial charge < -0.3 is 19.9 Å². The van der Waals surface area contributed by atoms with E-state index in [9.17, 15) is 9.59 Å². The molecule has 31 heavy (non-hydrogen) atoms. The molecule has 0 radical (unpaired) electrons.